The molecule has 23 heavy (non-hydrogen) atoms. The van der Waals surface area contributed by atoms with Gasteiger partial charge in [-0.15, -0.1) is 0 Å². The van der Waals surface area contributed by atoms with E-state index in [1.54, 1.807) is 22.1 Å². The normalized spacial score (nSPS) is 29.4. The maximum absolute atomic E-state index is 12.9. The van der Waals surface area contributed by atoms with Crippen LogP contribution in [0.5, 0.6) is 0 Å². The second kappa shape index (κ2) is 6.51. The summed E-state index contributed by atoms with van der Waals surface area (Å²) in [6, 6.07) is 0. The quantitative estimate of drug-likeness (QED) is 0.798. The number of aryl methyl sites for hydroxylation is 1. The van der Waals surface area contributed by atoms with Gasteiger partial charge in [0.2, 0.25) is 0 Å². The molecule has 130 valence electrons. The highest BCUT2D eigenvalue weighted by Crippen LogP contribution is 2.41. The predicted molar refractivity (Wildman–Crippen MR) is 84.5 cm³/mol. The summed E-state index contributed by atoms with van der Waals surface area (Å²) < 4.78 is 40.5. The van der Waals surface area contributed by atoms with Crippen LogP contribution in [-0.2, 0) is 26.5 Å². The van der Waals surface area contributed by atoms with Gasteiger partial charge in [-0.2, -0.15) is 4.31 Å². The fraction of sp³-hybridized carbons (Fsp3) is 0.800. The van der Waals surface area contributed by atoms with Crippen molar-refractivity contribution in [3.8, 4) is 0 Å². The van der Waals surface area contributed by atoms with Crippen molar-refractivity contribution < 1.29 is 17.9 Å². The fourth-order valence-corrected chi connectivity index (χ4v) is 5.14. The van der Waals surface area contributed by atoms with E-state index in [2.05, 4.69) is 4.98 Å². The van der Waals surface area contributed by atoms with Crippen LogP contribution in [-0.4, -0.2) is 61.3 Å². The average molecular weight is 343 g/mol. The summed E-state index contributed by atoms with van der Waals surface area (Å²) in [6.45, 7) is 4.80. The maximum Gasteiger partial charge on any atom is 0.262 e. The lowest BCUT2D eigenvalue weighted by Gasteiger charge is -2.49. The Bertz CT molecular complexity index is 645. The number of nitrogens with zero attached hydrogens (tertiary/aromatic N) is 3. The van der Waals surface area contributed by atoms with Gasteiger partial charge in [0.15, 0.2) is 5.03 Å². The van der Waals surface area contributed by atoms with Crippen LogP contribution in [0, 0.1) is 5.41 Å². The number of rotatable bonds is 5. The second-order valence-corrected chi connectivity index (χ2v) is 8.35. The number of ether oxygens (including phenoxy) is 2. The van der Waals surface area contributed by atoms with Crippen molar-refractivity contribution >= 4 is 10.0 Å². The molecule has 0 radical (unpaired) electrons. The van der Waals surface area contributed by atoms with Crippen LogP contribution in [0.25, 0.3) is 0 Å². The van der Waals surface area contributed by atoms with Gasteiger partial charge in [0.1, 0.15) is 0 Å². The minimum absolute atomic E-state index is 0.0815. The van der Waals surface area contributed by atoms with Gasteiger partial charge in [-0.05, 0) is 26.2 Å². The largest absolute Gasteiger partial charge is 0.381 e. The number of sulfonamides is 1. The molecule has 3 rings (SSSR count). The predicted octanol–water partition coefficient (Wildman–Crippen LogP) is 1.02. The van der Waals surface area contributed by atoms with Crippen LogP contribution in [0.3, 0.4) is 0 Å². The van der Waals surface area contributed by atoms with Crippen molar-refractivity contribution in [2.45, 2.75) is 37.3 Å². The number of hydrogen-bond acceptors (Lipinski definition) is 5. The lowest BCUT2D eigenvalue weighted by atomic mass is 9.73. The Morgan fingerprint density at radius 3 is 3.04 bits per heavy atom. The second-order valence-electron chi connectivity index (χ2n) is 6.47. The molecule has 2 unspecified atom stereocenters. The summed E-state index contributed by atoms with van der Waals surface area (Å²) in [4.78, 5) is 4.02. The highest BCUT2D eigenvalue weighted by Gasteiger charge is 2.49. The monoisotopic (exact) mass is 343 g/mol. The first-order valence-electron chi connectivity index (χ1n) is 8.15. The zero-order valence-corrected chi connectivity index (χ0v) is 14.6. The van der Waals surface area contributed by atoms with Crippen molar-refractivity contribution in [3.05, 3.63) is 12.5 Å². The molecule has 2 saturated heterocycles. The summed E-state index contributed by atoms with van der Waals surface area (Å²) >= 11 is 0. The van der Waals surface area contributed by atoms with Crippen molar-refractivity contribution in [1.82, 2.24) is 13.9 Å². The molecule has 2 fully saturated rings. The van der Waals surface area contributed by atoms with Crippen molar-refractivity contribution in [2.24, 2.45) is 12.5 Å². The fourth-order valence-electron chi connectivity index (χ4n) is 3.63. The highest BCUT2D eigenvalue weighted by molar-refractivity contribution is 7.89. The Morgan fingerprint density at radius 2 is 2.35 bits per heavy atom. The van der Waals surface area contributed by atoms with Crippen LogP contribution >= 0.6 is 0 Å². The van der Waals surface area contributed by atoms with E-state index < -0.39 is 10.0 Å². The zero-order valence-electron chi connectivity index (χ0n) is 13.8. The Balaban J connectivity index is 1.85. The summed E-state index contributed by atoms with van der Waals surface area (Å²) in [5.41, 5.74) is -0.242. The van der Waals surface area contributed by atoms with Crippen LogP contribution in [0.1, 0.15) is 26.2 Å². The van der Waals surface area contributed by atoms with Crippen LogP contribution in [0.4, 0.5) is 0 Å². The van der Waals surface area contributed by atoms with E-state index in [4.69, 9.17) is 9.47 Å². The summed E-state index contributed by atoms with van der Waals surface area (Å²) in [7, 11) is -1.80. The van der Waals surface area contributed by atoms with E-state index in [0.717, 1.165) is 19.4 Å². The van der Waals surface area contributed by atoms with Crippen molar-refractivity contribution in [2.75, 3.05) is 32.9 Å². The topological polar surface area (TPSA) is 73.7 Å². The third-order valence-electron chi connectivity index (χ3n) is 4.83. The number of piperidine rings is 1. The third kappa shape index (κ3) is 3.17. The molecule has 0 bridgehead atoms. The lowest BCUT2D eigenvalue weighted by Crippen LogP contribution is -2.58. The Hall–Kier alpha value is -0.960. The molecule has 0 amide bonds. The molecule has 0 N–H and O–H groups in total. The maximum atomic E-state index is 12.9. The number of aromatic nitrogens is 2. The van der Waals surface area contributed by atoms with Gasteiger partial charge in [-0.1, -0.05) is 0 Å². The highest BCUT2D eigenvalue weighted by atomic mass is 32.2. The standard InChI is InChI=1S/C15H25N3O4S/c1-3-21-11-15-6-4-8-22-13(15)5-7-18(10-15)23(19,20)14-9-17(2)12-16-14/h9,12-13H,3-8,10-11H2,1-2H3. The molecule has 0 aromatic carbocycles. The van der Waals surface area contributed by atoms with Gasteiger partial charge in [-0.3, -0.25) is 0 Å². The summed E-state index contributed by atoms with van der Waals surface area (Å²) in [6.07, 6.45) is 5.73. The van der Waals surface area contributed by atoms with Crippen molar-refractivity contribution in [1.29, 1.82) is 0 Å². The van der Waals surface area contributed by atoms with E-state index in [1.165, 1.54) is 6.33 Å². The first-order valence-corrected chi connectivity index (χ1v) is 9.59. The van der Waals surface area contributed by atoms with Crippen LogP contribution in [0.15, 0.2) is 17.6 Å². The molecule has 7 nitrogen and oxygen atoms in total. The smallest absolute Gasteiger partial charge is 0.262 e. The SMILES string of the molecule is CCOCC12CCCOC1CCN(S(=O)(=O)c1cn(C)cn1)C2. The lowest BCUT2D eigenvalue weighted by molar-refractivity contribution is -0.141. The number of hydrogen-bond donors (Lipinski definition) is 0. The van der Waals surface area contributed by atoms with Crippen LogP contribution in [0.2, 0.25) is 0 Å². The van der Waals surface area contributed by atoms with E-state index in [9.17, 15) is 8.42 Å². The Morgan fingerprint density at radius 1 is 1.52 bits per heavy atom. The average Bonchev–Trinajstić information content (AvgIpc) is 2.99. The molecule has 1 aromatic rings. The van der Waals surface area contributed by atoms with Gasteiger partial charge in [-0.25, -0.2) is 13.4 Å². The molecule has 0 saturated carbocycles. The van der Waals surface area contributed by atoms with E-state index in [-0.39, 0.29) is 16.5 Å². The van der Waals surface area contributed by atoms with E-state index in [1.807, 2.05) is 6.92 Å². The number of imidazole rings is 1. The molecular formula is C15H25N3O4S. The summed E-state index contributed by atoms with van der Waals surface area (Å²) in [5.74, 6) is 0. The molecule has 0 spiro atoms. The molecule has 2 atom stereocenters. The van der Waals surface area contributed by atoms with E-state index in [0.29, 0.717) is 32.7 Å². The molecule has 8 heteroatoms. The molecule has 2 aliphatic rings. The minimum atomic E-state index is -3.56. The third-order valence-corrected chi connectivity index (χ3v) is 6.56. The Kier molecular flexibility index (Phi) is 4.78. The van der Waals surface area contributed by atoms with Gasteiger partial charge < -0.3 is 14.0 Å². The molecule has 0 aliphatic carbocycles. The van der Waals surface area contributed by atoms with Crippen LogP contribution < -0.4 is 0 Å². The van der Waals surface area contributed by atoms with Gasteiger partial charge >= 0.3 is 0 Å². The van der Waals surface area contributed by atoms with Crippen molar-refractivity contribution in [3.63, 3.8) is 0 Å². The summed E-state index contributed by atoms with van der Waals surface area (Å²) in [5, 5.41) is 0.113. The molecule has 1 aromatic heterocycles. The minimum Gasteiger partial charge on any atom is -0.381 e. The zero-order chi connectivity index (χ0) is 16.5. The van der Waals surface area contributed by atoms with Gasteiger partial charge in [0.25, 0.3) is 10.0 Å². The molecular weight excluding hydrogens is 318 g/mol. The number of fused-ring (bicyclic) bond motifs is 1. The van der Waals surface area contributed by atoms with E-state index >= 15 is 0 Å². The molecule has 2 aliphatic heterocycles. The first kappa shape index (κ1) is 16.9. The first-order chi connectivity index (χ1) is 11.0. The molecule has 3 heterocycles. The Labute approximate surface area is 137 Å². The van der Waals surface area contributed by atoms with Gasteiger partial charge in [0.05, 0.1) is 19.0 Å². The van der Waals surface area contributed by atoms with Gasteiger partial charge in [0, 0.05) is 45.0 Å².